The van der Waals surface area contributed by atoms with Gasteiger partial charge in [0.15, 0.2) is 0 Å². The minimum absolute atomic E-state index is 0.0379. The first kappa shape index (κ1) is 16.5. The summed E-state index contributed by atoms with van der Waals surface area (Å²) in [5.41, 5.74) is 3.00. The number of aromatic hydroxyl groups is 4. The van der Waals surface area contributed by atoms with Crippen molar-refractivity contribution in [3.63, 3.8) is 0 Å². The van der Waals surface area contributed by atoms with Crippen LogP contribution < -0.4 is 0 Å². The van der Waals surface area contributed by atoms with E-state index < -0.39 is 0 Å². The monoisotopic (exact) mass is 312 g/mol. The van der Waals surface area contributed by atoms with Crippen molar-refractivity contribution in [1.82, 2.24) is 0 Å². The highest BCUT2D eigenvalue weighted by Gasteiger charge is 2.06. The van der Waals surface area contributed by atoms with E-state index >= 15 is 0 Å². The van der Waals surface area contributed by atoms with Crippen molar-refractivity contribution < 1.29 is 20.4 Å². The Kier molecular flexibility index (Phi) is 4.96. The van der Waals surface area contributed by atoms with E-state index in [9.17, 15) is 20.4 Å². The minimum Gasteiger partial charge on any atom is -0.508 e. The van der Waals surface area contributed by atoms with Gasteiger partial charge in [-0.25, -0.2) is 0 Å². The molecule has 0 spiro atoms. The number of hydrogen-bond donors (Lipinski definition) is 4. The molecule has 0 aliphatic heterocycles. The normalized spacial score (nSPS) is 10.9. The molecule has 0 saturated heterocycles. The Morgan fingerprint density at radius 2 is 1.48 bits per heavy atom. The first-order valence-corrected chi connectivity index (χ1v) is 7.24. The third kappa shape index (κ3) is 4.54. The summed E-state index contributed by atoms with van der Waals surface area (Å²) in [6.45, 7) is 3.96. The van der Waals surface area contributed by atoms with Crippen molar-refractivity contribution in [3.8, 4) is 23.0 Å². The van der Waals surface area contributed by atoms with Gasteiger partial charge in [-0.2, -0.15) is 0 Å². The second-order valence-electron chi connectivity index (χ2n) is 5.64. The number of phenols is 4. The zero-order valence-electron chi connectivity index (χ0n) is 13.1. The van der Waals surface area contributed by atoms with Crippen LogP contribution in [0.25, 0.3) is 12.2 Å². The lowest BCUT2D eigenvalue weighted by Gasteiger charge is -2.07. The number of hydrogen-bond acceptors (Lipinski definition) is 4. The molecule has 4 heteroatoms. The van der Waals surface area contributed by atoms with Crippen LogP contribution in [-0.2, 0) is 6.42 Å². The maximum absolute atomic E-state index is 9.95. The molecule has 0 saturated carbocycles. The lowest BCUT2D eigenvalue weighted by molar-refractivity contribution is 0.446. The average Bonchev–Trinajstić information content (AvgIpc) is 2.44. The Hall–Kier alpha value is -2.88. The summed E-state index contributed by atoms with van der Waals surface area (Å²) in [7, 11) is 0. The van der Waals surface area contributed by atoms with Gasteiger partial charge < -0.3 is 20.4 Å². The first-order valence-electron chi connectivity index (χ1n) is 7.24. The quantitative estimate of drug-likeness (QED) is 0.504. The zero-order chi connectivity index (χ0) is 17.0. The standard InChI is InChI=1S/C19H20O4/c1-12(2)3-5-14-9-15(19(23)11-18(14)22)6-4-13-7-16(20)10-17(21)8-13/h3-4,6-11,20-23H,5H2,1-2H3/b6-4+. The Bertz CT molecular complexity index is 749. The maximum Gasteiger partial charge on any atom is 0.126 e. The largest absolute Gasteiger partial charge is 0.508 e. The summed E-state index contributed by atoms with van der Waals surface area (Å²) < 4.78 is 0. The summed E-state index contributed by atoms with van der Waals surface area (Å²) in [4.78, 5) is 0. The van der Waals surface area contributed by atoms with Gasteiger partial charge in [0.2, 0.25) is 0 Å². The van der Waals surface area contributed by atoms with E-state index in [4.69, 9.17) is 0 Å². The average molecular weight is 312 g/mol. The second-order valence-corrected chi connectivity index (χ2v) is 5.64. The fourth-order valence-electron chi connectivity index (χ4n) is 2.15. The Balaban J connectivity index is 2.33. The molecule has 0 atom stereocenters. The topological polar surface area (TPSA) is 80.9 Å². The van der Waals surface area contributed by atoms with Crippen LogP contribution in [0, 0.1) is 0 Å². The van der Waals surface area contributed by atoms with Crippen LogP contribution in [0.2, 0.25) is 0 Å². The third-order valence-corrected chi connectivity index (χ3v) is 3.34. The van der Waals surface area contributed by atoms with E-state index in [1.165, 1.54) is 24.3 Å². The summed E-state index contributed by atoms with van der Waals surface area (Å²) in [6.07, 6.45) is 5.89. The van der Waals surface area contributed by atoms with Crippen molar-refractivity contribution in [3.05, 3.63) is 58.7 Å². The van der Waals surface area contributed by atoms with E-state index in [1.54, 1.807) is 18.2 Å². The zero-order valence-corrected chi connectivity index (χ0v) is 13.1. The van der Waals surface area contributed by atoms with Crippen LogP contribution >= 0.6 is 0 Å². The highest BCUT2D eigenvalue weighted by molar-refractivity contribution is 5.74. The lowest BCUT2D eigenvalue weighted by atomic mass is 10.0. The molecule has 2 rings (SSSR count). The third-order valence-electron chi connectivity index (χ3n) is 3.34. The van der Waals surface area contributed by atoms with Crippen molar-refractivity contribution in [2.75, 3.05) is 0 Å². The van der Waals surface area contributed by atoms with Crippen LogP contribution in [0.15, 0.2) is 42.0 Å². The molecule has 23 heavy (non-hydrogen) atoms. The van der Waals surface area contributed by atoms with Gasteiger partial charge in [-0.15, -0.1) is 0 Å². The molecule has 0 unspecified atom stereocenters. The van der Waals surface area contributed by atoms with Gasteiger partial charge in [0.05, 0.1) is 0 Å². The SMILES string of the molecule is CC(C)=CCc1cc(/C=C/c2cc(O)cc(O)c2)c(O)cc1O. The van der Waals surface area contributed by atoms with Crippen LogP contribution in [-0.4, -0.2) is 20.4 Å². The number of allylic oxidation sites excluding steroid dienone is 2. The minimum atomic E-state index is -0.0381. The molecule has 0 aliphatic carbocycles. The predicted octanol–water partition coefficient (Wildman–Crippen LogP) is 4.19. The Morgan fingerprint density at radius 1 is 0.826 bits per heavy atom. The summed E-state index contributed by atoms with van der Waals surface area (Å²) >= 11 is 0. The first-order chi connectivity index (χ1) is 10.8. The van der Waals surface area contributed by atoms with Gasteiger partial charge in [-0.1, -0.05) is 23.8 Å². The van der Waals surface area contributed by atoms with Crippen molar-refractivity contribution >= 4 is 12.2 Å². The van der Waals surface area contributed by atoms with Gasteiger partial charge in [0.25, 0.3) is 0 Å². The maximum atomic E-state index is 9.95. The number of benzene rings is 2. The van der Waals surface area contributed by atoms with Crippen LogP contribution in [0.4, 0.5) is 0 Å². The molecule has 4 nitrogen and oxygen atoms in total. The van der Waals surface area contributed by atoms with Gasteiger partial charge in [-0.3, -0.25) is 0 Å². The van der Waals surface area contributed by atoms with Gasteiger partial charge in [0.1, 0.15) is 23.0 Å². The number of rotatable bonds is 4. The molecule has 0 aromatic heterocycles. The molecule has 4 N–H and O–H groups in total. The van der Waals surface area contributed by atoms with Crippen molar-refractivity contribution in [2.24, 2.45) is 0 Å². The van der Waals surface area contributed by atoms with E-state index in [0.29, 0.717) is 23.1 Å². The molecule has 0 bridgehead atoms. The van der Waals surface area contributed by atoms with Gasteiger partial charge in [0, 0.05) is 17.7 Å². The molecule has 2 aromatic carbocycles. The van der Waals surface area contributed by atoms with E-state index in [-0.39, 0.29) is 23.0 Å². The molecule has 0 heterocycles. The summed E-state index contributed by atoms with van der Waals surface area (Å²) in [5, 5.41) is 38.8. The van der Waals surface area contributed by atoms with Crippen molar-refractivity contribution in [2.45, 2.75) is 20.3 Å². The molecule has 0 amide bonds. The van der Waals surface area contributed by atoms with Crippen LogP contribution in [0.5, 0.6) is 23.0 Å². The number of phenolic OH excluding ortho intramolecular Hbond substituents is 4. The lowest BCUT2D eigenvalue weighted by Crippen LogP contribution is -1.86. The fraction of sp³-hybridized carbons (Fsp3) is 0.158. The van der Waals surface area contributed by atoms with Crippen LogP contribution in [0.3, 0.4) is 0 Å². The molecule has 0 aliphatic rings. The van der Waals surface area contributed by atoms with Gasteiger partial charge in [-0.05, 0) is 49.6 Å². The molecule has 120 valence electrons. The molecular weight excluding hydrogens is 292 g/mol. The van der Waals surface area contributed by atoms with E-state index in [0.717, 1.165) is 5.57 Å². The highest BCUT2D eigenvalue weighted by Crippen LogP contribution is 2.30. The van der Waals surface area contributed by atoms with Gasteiger partial charge >= 0.3 is 0 Å². The Labute approximate surface area is 135 Å². The van der Waals surface area contributed by atoms with Crippen molar-refractivity contribution in [1.29, 1.82) is 0 Å². The predicted molar refractivity (Wildman–Crippen MR) is 91.6 cm³/mol. The van der Waals surface area contributed by atoms with E-state index in [1.807, 2.05) is 19.9 Å². The molecule has 0 radical (unpaired) electrons. The van der Waals surface area contributed by atoms with Crippen LogP contribution in [0.1, 0.15) is 30.5 Å². The highest BCUT2D eigenvalue weighted by atomic mass is 16.3. The fourth-order valence-corrected chi connectivity index (χ4v) is 2.15. The Morgan fingerprint density at radius 3 is 2.09 bits per heavy atom. The summed E-state index contributed by atoms with van der Waals surface area (Å²) in [6, 6.07) is 7.26. The smallest absolute Gasteiger partial charge is 0.126 e. The second kappa shape index (κ2) is 6.92. The molecule has 2 aromatic rings. The summed E-state index contributed by atoms with van der Waals surface area (Å²) in [5.74, 6) is -0.0659. The van der Waals surface area contributed by atoms with E-state index in [2.05, 4.69) is 0 Å². The molecular formula is C19H20O4. The molecule has 0 fully saturated rings.